The van der Waals surface area contributed by atoms with E-state index < -0.39 is 17.7 Å². The Morgan fingerprint density at radius 1 is 1.08 bits per heavy atom. The van der Waals surface area contributed by atoms with Gasteiger partial charge in [-0.3, -0.25) is 18.9 Å². The number of hydrogen-bond acceptors (Lipinski definition) is 7. The lowest BCUT2D eigenvalue weighted by Crippen LogP contribution is -2.29. The van der Waals surface area contributed by atoms with Crippen molar-refractivity contribution in [3.63, 3.8) is 0 Å². The highest BCUT2D eigenvalue weighted by Crippen LogP contribution is 2.45. The molecule has 0 radical (unpaired) electrons. The third-order valence-electron chi connectivity index (χ3n) is 6.50. The summed E-state index contributed by atoms with van der Waals surface area (Å²) < 4.78 is 8.06. The van der Waals surface area contributed by atoms with E-state index in [0.717, 1.165) is 4.70 Å². The molecule has 1 N–H and O–H groups in total. The lowest BCUT2D eigenvalue weighted by Gasteiger charge is -2.23. The zero-order valence-electron chi connectivity index (χ0n) is 20.7. The van der Waals surface area contributed by atoms with Crippen molar-refractivity contribution in [2.24, 2.45) is 0 Å². The molecule has 39 heavy (non-hydrogen) atoms. The first-order chi connectivity index (χ1) is 18.8. The van der Waals surface area contributed by atoms with Gasteiger partial charge in [0.05, 0.1) is 44.2 Å². The summed E-state index contributed by atoms with van der Waals surface area (Å²) in [7, 11) is 0. The maximum absolute atomic E-state index is 13.6. The number of fused-ring (bicyclic) bond motifs is 2. The van der Waals surface area contributed by atoms with Crippen molar-refractivity contribution in [3.8, 4) is 5.75 Å². The number of hydrogen-bond donors (Lipinski definition) is 1. The van der Waals surface area contributed by atoms with E-state index in [1.807, 2.05) is 19.1 Å². The Kier molecular flexibility index (Phi) is 6.29. The second-order valence-electron chi connectivity index (χ2n) is 8.88. The molecular weight excluding hydrogens is 559 g/mol. The molecule has 5 aromatic rings. The van der Waals surface area contributed by atoms with Crippen LogP contribution in [-0.4, -0.2) is 37.8 Å². The van der Waals surface area contributed by atoms with Crippen LogP contribution in [0.5, 0.6) is 5.75 Å². The van der Waals surface area contributed by atoms with Gasteiger partial charge in [0.15, 0.2) is 10.9 Å². The number of anilines is 1. The monoisotopic (exact) mass is 578 g/mol. The molecular formula is C28H20Cl2N4O4S. The number of pyridine rings is 1. The topological polar surface area (TPSA) is 97.0 Å². The van der Waals surface area contributed by atoms with E-state index in [9.17, 15) is 14.7 Å². The third-order valence-corrected chi connectivity index (χ3v) is 8.25. The molecule has 1 saturated heterocycles. The van der Waals surface area contributed by atoms with Crippen LogP contribution in [0, 0.1) is 6.92 Å². The van der Waals surface area contributed by atoms with Crippen LogP contribution < -0.4 is 9.64 Å². The van der Waals surface area contributed by atoms with Crippen LogP contribution in [0.25, 0.3) is 21.6 Å². The SMILES string of the molecule is CCOc1ccc2nc(N3C(=O)C(=O)/C(=C(/O)c4c(C)nc5ccccn45)C3c3ccc(Cl)c(Cl)c3)sc2c1. The first-order valence-electron chi connectivity index (χ1n) is 12.0. The minimum absolute atomic E-state index is 0.0959. The molecule has 4 heterocycles. The van der Waals surface area contributed by atoms with Gasteiger partial charge in [-0.1, -0.05) is 46.7 Å². The van der Waals surface area contributed by atoms with Crippen molar-refractivity contribution in [3.05, 3.63) is 93.4 Å². The summed E-state index contributed by atoms with van der Waals surface area (Å²) in [4.78, 5) is 37.7. The van der Waals surface area contributed by atoms with Crippen molar-refractivity contribution in [1.82, 2.24) is 14.4 Å². The predicted molar refractivity (Wildman–Crippen MR) is 152 cm³/mol. The van der Waals surface area contributed by atoms with E-state index >= 15 is 0 Å². The number of aliphatic hydroxyl groups is 1. The number of ether oxygens (including phenoxy) is 1. The molecule has 1 aliphatic heterocycles. The maximum Gasteiger partial charge on any atom is 0.301 e. The molecule has 1 amide bonds. The van der Waals surface area contributed by atoms with E-state index in [0.29, 0.717) is 50.6 Å². The van der Waals surface area contributed by atoms with Crippen LogP contribution in [-0.2, 0) is 9.59 Å². The number of ketones is 1. The number of imidazole rings is 1. The average molecular weight is 579 g/mol. The van der Waals surface area contributed by atoms with Crippen LogP contribution in [0.1, 0.15) is 29.9 Å². The van der Waals surface area contributed by atoms with Gasteiger partial charge in [0.2, 0.25) is 0 Å². The van der Waals surface area contributed by atoms with Crippen LogP contribution in [0.3, 0.4) is 0 Å². The number of halogens is 2. The second-order valence-corrected chi connectivity index (χ2v) is 10.7. The number of nitrogens with zero attached hydrogens (tertiary/aromatic N) is 4. The molecule has 1 unspecified atom stereocenters. The molecule has 3 aromatic heterocycles. The van der Waals surface area contributed by atoms with E-state index in [4.69, 9.17) is 27.9 Å². The number of aromatic nitrogens is 3. The summed E-state index contributed by atoms with van der Waals surface area (Å²) in [6.07, 6.45) is 1.73. The van der Waals surface area contributed by atoms with Gasteiger partial charge >= 0.3 is 5.91 Å². The molecule has 1 fully saturated rings. The fourth-order valence-electron chi connectivity index (χ4n) is 4.81. The van der Waals surface area contributed by atoms with Gasteiger partial charge in [0, 0.05) is 6.20 Å². The molecule has 1 aliphatic rings. The van der Waals surface area contributed by atoms with E-state index in [-0.39, 0.29) is 16.4 Å². The summed E-state index contributed by atoms with van der Waals surface area (Å²) >= 11 is 13.8. The van der Waals surface area contributed by atoms with Crippen LogP contribution in [0.4, 0.5) is 5.13 Å². The van der Waals surface area contributed by atoms with Gasteiger partial charge in [0.1, 0.15) is 17.1 Å². The summed E-state index contributed by atoms with van der Waals surface area (Å²) in [6, 6.07) is 14.7. The average Bonchev–Trinajstić information content (AvgIpc) is 3.56. The number of benzene rings is 2. The Morgan fingerprint density at radius 3 is 2.67 bits per heavy atom. The van der Waals surface area contributed by atoms with E-state index in [1.54, 1.807) is 60.0 Å². The molecule has 0 spiro atoms. The van der Waals surface area contributed by atoms with Gasteiger partial charge < -0.3 is 9.84 Å². The number of rotatable bonds is 5. The number of carbonyl (C=O) groups excluding carboxylic acids is 2. The quantitative estimate of drug-likeness (QED) is 0.144. The first-order valence-corrected chi connectivity index (χ1v) is 13.6. The Bertz CT molecular complexity index is 1840. The molecule has 0 bridgehead atoms. The fraction of sp³-hybridized carbons (Fsp3) is 0.143. The predicted octanol–water partition coefficient (Wildman–Crippen LogP) is 6.58. The third kappa shape index (κ3) is 4.14. The number of amides is 1. The molecule has 1 atom stereocenters. The Balaban J connectivity index is 1.59. The normalized spacial score (nSPS) is 17.0. The molecule has 6 rings (SSSR count). The van der Waals surface area contributed by atoms with Crippen molar-refractivity contribution in [2.45, 2.75) is 19.9 Å². The highest BCUT2D eigenvalue weighted by molar-refractivity contribution is 7.22. The fourth-order valence-corrected chi connectivity index (χ4v) is 6.13. The van der Waals surface area contributed by atoms with Crippen LogP contribution in [0.15, 0.2) is 66.4 Å². The number of aliphatic hydroxyl groups excluding tert-OH is 1. The molecule has 196 valence electrons. The Hall–Kier alpha value is -3.92. The van der Waals surface area contributed by atoms with Crippen molar-refractivity contribution in [2.75, 3.05) is 11.5 Å². The van der Waals surface area contributed by atoms with Crippen LogP contribution >= 0.6 is 34.5 Å². The molecule has 0 aliphatic carbocycles. The highest BCUT2D eigenvalue weighted by Gasteiger charge is 2.48. The first kappa shape index (κ1) is 25.4. The second kappa shape index (κ2) is 9.68. The maximum atomic E-state index is 13.6. The summed E-state index contributed by atoms with van der Waals surface area (Å²) in [5.74, 6) is -1.33. The van der Waals surface area contributed by atoms with Crippen LogP contribution in [0.2, 0.25) is 10.0 Å². The minimum atomic E-state index is -1.01. The zero-order chi connectivity index (χ0) is 27.4. The van der Waals surface area contributed by atoms with E-state index in [1.165, 1.54) is 16.2 Å². The standard InChI is InChI=1S/C28H20Cl2N4O4S/c1-3-38-16-8-10-19-20(13-16)39-28(32-19)34-24(15-7-9-17(29)18(30)12-15)22(26(36)27(34)37)25(35)23-14(2)31-21-6-4-5-11-33(21)23/h4-13,24,35H,3H2,1-2H3/b25-22+. The number of Topliss-reactive ketones (excluding diaryl/α,β-unsaturated/α-hetero) is 1. The lowest BCUT2D eigenvalue weighted by atomic mass is 9.96. The highest BCUT2D eigenvalue weighted by atomic mass is 35.5. The lowest BCUT2D eigenvalue weighted by molar-refractivity contribution is -0.132. The number of carbonyl (C=O) groups is 2. The summed E-state index contributed by atoms with van der Waals surface area (Å²) in [5.41, 5.74) is 2.45. The van der Waals surface area contributed by atoms with Gasteiger partial charge in [-0.05, 0) is 61.9 Å². The zero-order valence-corrected chi connectivity index (χ0v) is 23.0. The van der Waals surface area contributed by atoms with Gasteiger partial charge in [-0.2, -0.15) is 0 Å². The summed E-state index contributed by atoms with van der Waals surface area (Å²) in [5, 5.41) is 12.5. The van der Waals surface area contributed by atoms with Gasteiger partial charge in [0.25, 0.3) is 5.78 Å². The van der Waals surface area contributed by atoms with E-state index in [2.05, 4.69) is 9.97 Å². The molecule has 8 nitrogen and oxygen atoms in total. The van der Waals surface area contributed by atoms with Gasteiger partial charge in [-0.25, -0.2) is 9.97 Å². The molecule has 0 saturated carbocycles. The largest absolute Gasteiger partial charge is 0.505 e. The van der Waals surface area contributed by atoms with Crippen molar-refractivity contribution < 1.29 is 19.4 Å². The minimum Gasteiger partial charge on any atom is -0.505 e. The Labute approximate surface area is 236 Å². The van der Waals surface area contributed by atoms with Gasteiger partial charge in [-0.15, -0.1) is 0 Å². The smallest absolute Gasteiger partial charge is 0.301 e. The molecule has 11 heteroatoms. The number of thiazole rings is 1. The molecule has 2 aromatic carbocycles. The van der Waals surface area contributed by atoms with Crippen molar-refractivity contribution >= 4 is 73.0 Å². The summed E-state index contributed by atoms with van der Waals surface area (Å²) in [6.45, 7) is 4.13. The number of aryl methyl sites for hydroxylation is 1. The Morgan fingerprint density at radius 2 is 1.90 bits per heavy atom. The van der Waals surface area contributed by atoms with Crippen molar-refractivity contribution in [1.29, 1.82) is 0 Å².